The fourth-order valence-corrected chi connectivity index (χ4v) is 5.31. The van der Waals surface area contributed by atoms with Gasteiger partial charge < -0.3 is 10.2 Å². The van der Waals surface area contributed by atoms with Gasteiger partial charge in [-0.05, 0) is 44.0 Å². The number of aryl methyl sites for hydroxylation is 1. The van der Waals surface area contributed by atoms with Crippen molar-refractivity contribution in [3.8, 4) is 0 Å². The summed E-state index contributed by atoms with van der Waals surface area (Å²) < 4.78 is 28.8. The summed E-state index contributed by atoms with van der Waals surface area (Å²) in [5.74, 6) is -0.776. The van der Waals surface area contributed by atoms with E-state index in [9.17, 15) is 18.0 Å². The van der Waals surface area contributed by atoms with Gasteiger partial charge in [-0.15, -0.1) is 0 Å². The molecule has 0 fully saturated rings. The average molecular weight is 551 g/mol. The first-order chi connectivity index (χ1) is 18.5. The molecule has 0 bridgehead atoms. The molecule has 0 aliphatic rings. The zero-order valence-electron chi connectivity index (χ0n) is 23.2. The fraction of sp³-hybridized carbons (Fsp3) is 0.333. The Balaban J connectivity index is 2.08. The Morgan fingerprint density at radius 3 is 2.00 bits per heavy atom. The van der Waals surface area contributed by atoms with Crippen LogP contribution in [0.4, 0.5) is 5.69 Å². The van der Waals surface area contributed by atoms with Crippen LogP contribution in [0.1, 0.15) is 30.5 Å². The second-order valence-electron chi connectivity index (χ2n) is 10.0. The summed E-state index contributed by atoms with van der Waals surface area (Å²) in [4.78, 5) is 29.2. The lowest BCUT2D eigenvalue weighted by Crippen LogP contribution is -2.55. The van der Waals surface area contributed by atoms with Crippen molar-refractivity contribution in [1.29, 1.82) is 0 Å². The van der Waals surface area contributed by atoms with Crippen molar-refractivity contribution in [2.45, 2.75) is 45.8 Å². The highest BCUT2D eigenvalue weighted by Crippen LogP contribution is 2.22. The number of nitrogens with one attached hydrogen (secondary N) is 1. The Bertz CT molecular complexity index is 1350. The number of hydrogen-bond acceptors (Lipinski definition) is 4. The van der Waals surface area contributed by atoms with Crippen molar-refractivity contribution in [1.82, 2.24) is 14.5 Å². The minimum Gasteiger partial charge on any atom is -0.352 e. The van der Waals surface area contributed by atoms with Crippen LogP contribution < -0.4 is 9.62 Å². The molecular weight excluding hydrogens is 512 g/mol. The van der Waals surface area contributed by atoms with Crippen LogP contribution in [0.2, 0.25) is 0 Å². The molecule has 0 saturated heterocycles. The van der Waals surface area contributed by atoms with Crippen molar-refractivity contribution in [2.75, 3.05) is 24.9 Å². The molecule has 0 aliphatic heterocycles. The van der Waals surface area contributed by atoms with E-state index >= 15 is 0 Å². The van der Waals surface area contributed by atoms with Gasteiger partial charge in [0.1, 0.15) is 12.6 Å². The maximum atomic E-state index is 14.1. The molecule has 0 aromatic heterocycles. The summed E-state index contributed by atoms with van der Waals surface area (Å²) in [5.41, 5.74) is 3.12. The normalized spacial score (nSPS) is 12.3. The number of hydrogen-bond donors (Lipinski definition) is 1. The Morgan fingerprint density at radius 2 is 1.44 bits per heavy atom. The summed E-state index contributed by atoms with van der Waals surface area (Å²) in [6.07, 6.45) is 0.280. The van der Waals surface area contributed by atoms with Gasteiger partial charge in [0.25, 0.3) is 0 Å². The second-order valence-corrected chi connectivity index (χ2v) is 12.1. The molecule has 1 N–H and O–H groups in total. The third-order valence-electron chi connectivity index (χ3n) is 6.20. The third-order valence-corrected chi connectivity index (χ3v) is 8.02. The van der Waals surface area contributed by atoms with E-state index < -0.39 is 28.7 Å². The van der Waals surface area contributed by atoms with Crippen molar-refractivity contribution in [3.63, 3.8) is 0 Å². The van der Waals surface area contributed by atoms with Gasteiger partial charge in [-0.25, -0.2) is 4.31 Å². The van der Waals surface area contributed by atoms with Crippen LogP contribution in [0.25, 0.3) is 0 Å². The van der Waals surface area contributed by atoms with E-state index in [4.69, 9.17) is 0 Å². The third kappa shape index (κ3) is 8.15. The second kappa shape index (κ2) is 13.4. The Kier molecular flexibility index (Phi) is 10.3. The van der Waals surface area contributed by atoms with E-state index in [1.807, 2.05) is 75.4 Å². The summed E-state index contributed by atoms with van der Waals surface area (Å²) in [5, 5.41) is 2.96. The molecule has 0 heterocycles. The number of rotatable bonds is 12. The van der Waals surface area contributed by atoms with E-state index in [0.717, 1.165) is 25.3 Å². The monoisotopic (exact) mass is 550 g/mol. The van der Waals surface area contributed by atoms with E-state index in [0.29, 0.717) is 5.69 Å². The molecule has 0 aliphatic carbocycles. The predicted molar refractivity (Wildman–Crippen MR) is 155 cm³/mol. The van der Waals surface area contributed by atoms with Crippen LogP contribution >= 0.6 is 0 Å². The van der Waals surface area contributed by atoms with E-state index in [1.54, 1.807) is 30.3 Å². The standard InChI is InChI=1S/C30H38N4O4S/c1-23(2)31-30(36)28(20-25-14-8-6-9-15-25)33(21-26-16-12-13-24(3)19-26)29(35)22-34(39(37,38)32(4)5)27-17-10-7-11-18-27/h6-19,23,28H,20-22H2,1-5H3,(H,31,36). The first-order valence-electron chi connectivity index (χ1n) is 12.9. The van der Waals surface area contributed by atoms with Gasteiger partial charge in [0.2, 0.25) is 11.8 Å². The lowest BCUT2D eigenvalue weighted by Gasteiger charge is -2.34. The number of carbonyl (C=O) groups excluding carboxylic acids is 2. The molecule has 1 unspecified atom stereocenters. The molecule has 9 heteroatoms. The zero-order chi connectivity index (χ0) is 28.6. The maximum absolute atomic E-state index is 14.1. The summed E-state index contributed by atoms with van der Waals surface area (Å²) in [6.45, 7) is 5.38. The lowest BCUT2D eigenvalue weighted by molar-refractivity contribution is -0.140. The Morgan fingerprint density at radius 1 is 0.846 bits per heavy atom. The molecule has 3 rings (SSSR count). The molecule has 0 radical (unpaired) electrons. The maximum Gasteiger partial charge on any atom is 0.304 e. The topological polar surface area (TPSA) is 90.0 Å². The van der Waals surface area contributed by atoms with E-state index in [1.165, 1.54) is 19.0 Å². The first kappa shape index (κ1) is 29.9. The molecule has 0 spiro atoms. The van der Waals surface area contributed by atoms with Crippen LogP contribution in [-0.4, -0.2) is 62.2 Å². The highest BCUT2D eigenvalue weighted by molar-refractivity contribution is 7.90. The van der Waals surface area contributed by atoms with Gasteiger partial charge >= 0.3 is 10.2 Å². The zero-order valence-corrected chi connectivity index (χ0v) is 24.1. The van der Waals surface area contributed by atoms with Gasteiger partial charge in [0.05, 0.1) is 5.69 Å². The van der Waals surface area contributed by atoms with Gasteiger partial charge in [-0.2, -0.15) is 12.7 Å². The molecular formula is C30H38N4O4S. The minimum absolute atomic E-state index is 0.137. The van der Waals surface area contributed by atoms with Gasteiger partial charge in [-0.1, -0.05) is 78.4 Å². The molecule has 39 heavy (non-hydrogen) atoms. The van der Waals surface area contributed by atoms with Crippen molar-refractivity contribution in [2.24, 2.45) is 0 Å². The van der Waals surface area contributed by atoms with Gasteiger partial charge in [-0.3, -0.25) is 9.59 Å². The number of carbonyl (C=O) groups is 2. The first-order valence-corrected chi connectivity index (χ1v) is 14.3. The molecule has 0 saturated carbocycles. The molecule has 3 aromatic rings. The molecule has 208 valence electrons. The van der Waals surface area contributed by atoms with Crippen LogP contribution in [0.5, 0.6) is 0 Å². The Hall–Kier alpha value is -3.69. The van der Waals surface area contributed by atoms with E-state index in [2.05, 4.69) is 5.32 Å². The quantitative estimate of drug-likeness (QED) is 0.372. The highest BCUT2D eigenvalue weighted by Gasteiger charge is 2.34. The number of nitrogens with zero attached hydrogens (tertiary/aromatic N) is 3. The number of amides is 2. The Labute approximate surface area is 232 Å². The van der Waals surface area contributed by atoms with Gasteiger partial charge in [0, 0.05) is 33.1 Å². The summed E-state index contributed by atoms with van der Waals surface area (Å²) >= 11 is 0. The molecule has 1 atom stereocenters. The average Bonchev–Trinajstić information content (AvgIpc) is 2.89. The molecule has 8 nitrogen and oxygen atoms in total. The number of para-hydroxylation sites is 1. The lowest BCUT2D eigenvalue weighted by atomic mass is 10.0. The SMILES string of the molecule is Cc1cccc(CN(C(=O)CN(c2ccccc2)S(=O)(=O)N(C)C)C(Cc2ccccc2)C(=O)NC(C)C)c1. The summed E-state index contributed by atoms with van der Waals surface area (Å²) in [6, 6.07) is 24.7. The van der Waals surface area contributed by atoms with Crippen molar-refractivity contribution >= 4 is 27.7 Å². The van der Waals surface area contributed by atoms with Crippen molar-refractivity contribution in [3.05, 3.63) is 102 Å². The van der Waals surface area contributed by atoms with Gasteiger partial charge in [0.15, 0.2) is 0 Å². The number of benzene rings is 3. The number of anilines is 1. The van der Waals surface area contributed by atoms with Crippen LogP contribution in [-0.2, 0) is 32.8 Å². The predicted octanol–water partition coefficient (Wildman–Crippen LogP) is 3.77. The largest absolute Gasteiger partial charge is 0.352 e. The smallest absolute Gasteiger partial charge is 0.304 e. The molecule has 2 amide bonds. The minimum atomic E-state index is -4.01. The summed E-state index contributed by atoms with van der Waals surface area (Å²) in [7, 11) is -1.16. The van der Waals surface area contributed by atoms with Crippen LogP contribution in [0.3, 0.4) is 0 Å². The van der Waals surface area contributed by atoms with Crippen LogP contribution in [0.15, 0.2) is 84.9 Å². The molecule has 3 aromatic carbocycles. The van der Waals surface area contributed by atoms with E-state index in [-0.39, 0.29) is 24.9 Å². The van der Waals surface area contributed by atoms with Crippen molar-refractivity contribution < 1.29 is 18.0 Å². The fourth-order valence-electron chi connectivity index (χ4n) is 4.25. The highest BCUT2D eigenvalue weighted by atomic mass is 32.2. The van der Waals surface area contributed by atoms with Crippen LogP contribution in [0, 0.1) is 6.92 Å².